The zero-order valence-corrected chi connectivity index (χ0v) is 14.5. The van der Waals surface area contributed by atoms with Crippen LogP contribution in [0.15, 0.2) is 48.5 Å². The van der Waals surface area contributed by atoms with Crippen LogP contribution in [0.1, 0.15) is 10.4 Å². The molecule has 0 aliphatic rings. The van der Waals surface area contributed by atoms with Crippen LogP contribution in [0, 0.1) is 0 Å². The second-order valence-corrected chi connectivity index (χ2v) is 5.51. The van der Waals surface area contributed by atoms with Gasteiger partial charge in [0, 0.05) is 23.7 Å². The number of methoxy groups -OCH3 is 1. The van der Waals surface area contributed by atoms with Crippen molar-refractivity contribution in [2.45, 2.75) is 0 Å². The molecule has 132 valence electrons. The van der Waals surface area contributed by atoms with E-state index < -0.39 is 0 Å². The maximum atomic E-state index is 11.9. The van der Waals surface area contributed by atoms with Crippen LogP contribution in [0.25, 0.3) is 0 Å². The van der Waals surface area contributed by atoms with Crippen molar-refractivity contribution >= 4 is 23.4 Å². The summed E-state index contributed by atoms with van der Waals surface area (Å²) >= 11 is 5.77. The third-order valence-electron chi connectivity index (χ3n) is 3.27. The smallest absolute Gasteiger partial charge is 0.258 e. The fourth-order valence-electron chi connectivity index (χ4n) is 1.95. The molecular weight excluding hydrogens is 344 g/mol. The Balaban J connectivity index is 1.63. The Labute approximate surface area is 151 Å². The van der Waals surface area contributed by atoms with E-state index in [0.717, 1.165) is 0 Å². The van der Waals surface area contributed by atoms with E-state index in [4.69, 9.17) is 21.1 Å². The highest BCUT2D eigenvalue weighted by Crippen LogP contribution is 2.16. The van der Waals surface area contributed by atoms with Crippen molar-refractivity contribution in [2.75, 3.05) is 26.8 Å². The predicted molar refractivity (Wildman–Crippen MR) is 95.3 cm³/mol. The molecule has 0 aromatic heterocycles. The molecule has 0 radical (unpaired) electrons. The Kier molecular flexibility index (Phi) is 7.10. The van der Waals surface area contributed by atoms with Gasteiger partial charge in [-0.25, -0.2) is 0 Å². The van der Waals surface area contributed by atoms with Crippen LogP contribution < -0.4 is 20.1 Å². The van der Waals surface area contributed by atoms with E-state index in [-0.39, 0.29) is 18.4 Å². The predicted octanol–water partition coefficient (Wildman–Crippen LogP) is 2.27. The summed E-state index contributed by atoms with van der Waals surface area (Å²) in [5.74, 6) is 0.803. The lowest BCUT2D eigenvalue weighted by Gasteiger charge is -2.09. The van der Waals surface area contributed by atoms with Gasteiger partial charge in [-0.1, -0.05) is 11.6 Å². The normalized spacial score (nSPS) is 10.0. The lowest BCUT2D eigenvalue weighted by molar-refractivity contribution is -0.123. The first kappa shape index (κ1) is 18.6. The number of nitrogens with one attached hydrogen (secondary N) is 2. The number of hydrogen-bond acceptors (Lipinski definition) is 4. The second-order valence-electron chi connectivity index (χ2n) is 5.08. The van der Waals surface area contributed by atoms with E-state index in [2.05, 4.69) is 10.6 Å². The van der Waals surface area contributed by atoms with Crippen LogP contribution in [0.5, 0.6) is 11.5 Å². The van der Waals surface area contributed by atoms with Gasteiger partial charge in [-0.15, -0.1) is 0 Å². The van der Waals surface area contributed by atoms with E-state index in [1.807, 2.05) is 0 Å². The molecule has 2 rings (SSSR count). The Morgan fingerprint density at radius 2 is 1.52 bits per heavy atom. The number of amides is 2. The number of carbonyl (C=O) groups is 2. The molecule has 0 bridgehead atoms. The van der Waals surface area contributed by atoms with E-state index >= 15 is 0 Å². The average Bonchev–Trinajstić information content (AvgIpc) is 2.64. The molecule has 6 nitrogen and oxygen atoms in total. The third kappa shape index (κ3) is 6.35. The minimum absolute atomic E-state index is 0.0997. The summed E-state index contributed by atoms with van der Waals surface area (Å²) in [7, 11) is 1.58. The van der Waals surface area contributed by atoms with E-state index in [9.17, 15) is 9.59 Å². The van der Waals surface area contributed by atoms with Crippen LogP contribution in [0.3, 0.4) is 0 Å². The largest absolute Gasteiger partial charge is 0.497 e. The van der Waals surface area contributed by atoms with E-state index in [0.29, 0.717) is 35.2 Å². The Bertz CT molecular complexity index is 702. The summed E-state index contributed by atoms with van der Waals surface area (Å²) in [6.07, 6.45) is 0. The van der Waals surface area contributed by atoms with Crippen molar-refractivity contribution in [1.29, 1.82) is 0 Å². The van der Waals surface area contributed by atoms with Crippen molar-refractivity contribution < 1.29 is 19.1 Å². The van der Waals surface area contributed by atoms with Gasteiger partial charge < -0.3 is 20.1 Å². The molecule has 0 atom stereocenters. The fourth-order valence-corrected chi connectivity index (χ4v) is 2.08. The molecule has 2 aromatic rings. The second kappa shape index (κ2) is 9.54. The monoisotopic (exact) mass is 362 g/mol. The van der Waals surface area contributed by atoms with Gasteiger partial charge in [-0.05, 0) is 48.5 Å². The minimum atomic E-state index is -0.267. The fraction of sp³-hybridized carbons (Fsp3) is 0.222. The summed E-state index contributed by atoms with van der Waals surface area (Å²) in [5, 5.41) is 5.95. The van der Waals surface area contributed by atoms with Crippen molar-refractivity contribution in [3.05, 3.63) is 59.1 Å². The van der Waals surface area contributed by atoms with Crippen LogP contribution in [0.4, 0.5) is 0 Å². The van der Waals surface area contributed by atoms with Crippen LogP contribution in [0.2, 0.25) is 5.02 Å². The van der Waals surface area contributed by atoms with Gasteiger partial charge in [-0.3, -0.25) is 9.59 Å². The minimum Gasteiger partial charge on any atom is -0.497 e. The van der Waals surface area contributed by atoms with Gasteiger partial charge in [0.25, 0.3) is 11.8 Å². The number of ether oxygens (including phenoxy) is 2. The number of halogens is 1. The number of rotatable bonds is 8. The van der Waals surface area contributed by atoms with Gasteiger partial charge in [0.15, 0.2) is 6.61 Å². The van der Waals surface area contributed by atoms with E-state index in [1.54, 1.807) is 55.6 Å². The molecule has 0 fully saturated rings. The molecule has 0 aliphatic carbocycles. The molecular formula is C18H19ClN2O4. The highest BCUT2D eigenvalue weighted by Gasteiger charge is 2.06. The molecule has 0 heterocycles. The van der Waals surface area contributed by atoms with Gasteiger partial charge in [0.1, 0.15) is 11.5 Å². The summed E-state index contributed by atoms with van der Waals surface area (Å²) < 4.78 is 10.4. The Hall–Kier alpha value is -2.73. The summed E-state index contributed by atoms with van der Waals surface area (Å²) in [4.78, 5) is 23.6. The van der Waals surface area contributed by atoms with Crippen molar-refractivity contribution in [2.24, 2.45) is 0 Å². The van der Waals surface area contributed by atoms with Crippen molar-refractivity contribution in [1.82, 2.24) is 10.6 Å². The molecule has 2 N–H and O–H groups in total. The zero-order valence-electron chi connectivity index (χ0n) is 13.8. The number of hydrogen-bond donors (Lipinski definition) is 2. The standard InChI is InChI=1S/C18H19ClN2O4/c1-24-15-6-8-16(9-7-15)25-12-17(22)20-10-11-21-18(23)13-2-4-14(19)5-3-13/h2-9H,10-12H2,1H3,(H,20,22)(H,21,23). The van der Waals surface area contributed by atoms with Crippen molar-refractivity contribution in [3.8, 4) is 11.5 Å². The summed E-state index contributed by atoms with van der Waals surface area (Å²) in [6.45, 7) is 0.525. The average molecular weight is 363 g/mol. The topological polar surface area (TPSA) is 76.7 Å². The number of benzene rings is 2. The first-order valence-corrected chi connectivity index (χ1v) is 8.03. The van der Waals surface area contributed by atoms with Gasteiger partial charge in [0.05, 0.1) is 7.11 Å². The molecule has 7 heteroatoms. The van der Waals surface area contributed by atoms with Crippen LogP contribution in [-0.2, 0) is 4.79 Å². The van der Waals surface area contributed by atoms with Crippen LogP contribution >= 0.6 is 11.6 Å². The zero-order chi connectivity index (χ0) is 18.1. The first-order valence-electron chi connectivity index (χ1n) is 7.66. The van der Waals surface area contributed by atoms with Crippen LogP contribution in [-0.4, -0.2) is 38.6 Å². The Morgan fingerprint density at radius 3 is 2.16 bits per heavy atom. The Morgan fingerprint density at radius 1 is 0.920 bits per heavy atom. The molecule has 0 spiro atoms. The summed E-state index contributed by atoms with van der Waals surface area (Å²) in [5.41, 5.74) is 0.513. The van der Waals surface area contributed by atoms with Gasteiger partial charge >= 0.3 is 0 Å². The number of carbonyl (C=O) groups excluding carboxylic acids is 2. The van der Waals surface area contributed by atoms with E-state index in [1.165, 1.54) is 0 Å². The SMILES string of the molecule is COc1ccc(OCC(=O)NCCNC(=O)c2ccc(Cl)cc2)cc1. The quantitative estimate of drug-likeness (QED) is 0.706. The molecule has 2 amide bonds. The van der Waals surface area contributed by atoms with Gasteiger partial charge in [-0.2, -0.15) is 0 Å². The molecule has 25 heavy (non-hydrogen) atoms. The molecule has 0 aliphatic heterocycles. The maximum Gasteiger partial charge on any atom is 0.258 e. The van der Waals surface area contributed by atoms with Crippen molar-refractivity contribution in [3.63, 3.8) is 0 Å². The molecule has 0 saturated heterocycles. The third-order valence-corrected chi connectivity index (χ3v) is 3.52. The first-order chi connectivity index (χ1) is 12.1. The molecule has 0 saturated carbocycles. The lowest BCUT2D eigenvalue weighted by atomic mass is 10.2. The highest BCUT2D eigenvalue weighted by atomic mass is 35.5. The maximum absolute atomic E-state index is 11.9. The lowest BCUT2D eigenvalue weighted by Crippen LogP contribution is -2.36. The van der Waals surface area contributed by atoms with Gasteiger partial charge in [0.2, 0.25) is 0 Å². The molecule has 2 aromatic carbocycles. The molecule has 0 unspecified atom stereocenters. The summed E-state index contributed by atoms with van der Waals surface area (Å²) in [6, 6.07) is 13.5. The highest BCUT2D eigenvalue weighted by molar-refractivity contribution is 6.30.